The topological polar surface area (TPSA) is 12.0 Å². The van der Waals surface area contributed by atoms with Gasteiger partial charge in [-0.1, -0.05) is 25.1 Å². The molecule has 0 fully saturated rings. The fourth-order valence-electron chi connectivity index (χ4n) is 2.34. The van der Waals surface area contributed by atoms with Crippen LogP contribution in [0.25, 0.3) is 0 Å². The molecule has 0 spiro atoms. The molecule has 1 unspecified atom stereocenters. The zero-order valence-electron chi connectivity index (χ0n) is 12.6. The van der Waals surface area contributed by atoms with Gasteiger partial charge in [0, 0.05) is 20.3 Å². The number of nitrogens with one attached hydrogen (secondary N) is 1. The molecule has 2 rings (SSSR count). The first kappa shape index (κ1) is 15.7. The van der Waals surface area contributed by atoms with Gasteiger partial charge < -0.3 is 5.32 Å². The smallest absolute Gasteiger partial charge is 0.0456 e. The Morgan fingerprint density at radius 3 is 2.45 bits per heavy atom. The van der Waals surface area contributed by atoms with Crippen LogP contribution in [-0.4, -0.2) is 6.54 Å². The Hall–Kier alpha value is -0.640. The van der Waals surface area contributed by atoms with Gasteiger partial charge in [0.25, 0.3) is 0 Å². The summed E-state index contributed by atoms with van der Waals surface area (Å²) in [4.78, 5) is 2.76. The summed E-state index contributed by atoms with van der Waals surface area (Å²) in [5.41, 5.74) is 4.14. The number of aryl methyl sites for hydroxylation is 3. The number of rotatable bonds is 5. The van der Waals surface area contributed by atoms with Crippen LogP contribution in [0.5, 0.6) is 0 Å². The third-order valence-electron chi connectivity index (χ3n) is 3.68. The maximum absolute atomic E-state index is 3.62. The highest BCUT2D eigenvalue weighted by atomic mass is 79.9. The molecule has 1 aromatic heterocycles. The van der Waals surface area contributed by atoms with E-state index in [1.54, 1.807) is 0 Å². The van der Waals surface area contributed by atoms with Gasteiger partial charge in [-0.15, -0.1) is 11.3 Å². The van der Waals surface area contributed by atoms with E-state index >= 15 is 0 Å². The summed E-state index contributed by atoms with van der Waals surface area (Å²) in [5.74, 6) is 0. The normalized spacial score (nSPS) is 12.7. The average molecular weight is 352 g/mol. The Morgan fingerprint density at radius 1 is 1.15 bits per heavy atom. The summed E-state index contributed by atoms with van der Waals surface area (Å²) < 4.78 is 1.22. The van der Waals surface area contributed by atoms with Crippen LogP contribution in [0, 0.1) is 20.8 Å². The van der Waals surface area contributed by atoms with Crippen molar-refractivity contribution >= 4 is 27.3 Å². The van der Waals surface area contributed by atoms with Gasteiger partial charge in [-0.2, -0.15) is 0 Å². The van der Waals surface area contributed by atoms with E-state index in [0.29, 0.717) is 6.04 Å². The number of likely N-dealkylation sites (N-methyl/N-ethyl adjacent to an activating group) is 1. The van der Waals surface area contributed by atoms with Crippen molar-refractivity contribution in [2.45, 2.75) is 40.2 Å². The summed E-state index contributed by atoms with van der Waals surface area (Å²) in [6.45, 7) is 9.68. The number of hydrogen-bond donors (Lipinski definition) is 1. The van der Waals surface area contributed by atoms with Gasteiger partial charge in [-0.05, 0) is 72.4 Å². The molecule has 1 aromatic carbocycles. The van der Waals surface area contributed by atoms with Crippen molar-refractivity contribution in [3.63, 3.8) is 0 Å². The minimum Gasteiger partial charge on any atom is -0.309 e. The lowest BCUT2D eigenvalue weighted by Gasteiger charge is -2.17. The Morgan fingerprint density at radius 2 is 1.90 bits per heavy atom. The summed E-state index contributed by atoms with van der Waals surface area (Å²) in [5, 5.41) is 3.61. The molecule has 0 radical (unpaired) electrons. The van der Waals surface area contributed by atoms with Crippen LogP contribution in [-0.2, 0) is 6.42 Å². The molecule has 3 heteroatoms. The summed E-state index contributed by atoms with van der Waals surface area (Å²) >= 11 is 5.50. The second-order valence-corrected chi connectivity index (χ2v) is 7.43. The predicted molar refractivity (Wildman–Crippen MR) is 92.8 cm³/mol. The van der Waals surface area contributed by atoms with E-state index in [0.717, 1.165) is 13.0 Å². The number of halogens is 1. The van der Waals surface area contributed by atoms with Crippen LogP contribution in [0.3, 0.4) is 0 Å². The maximum atomic E-state index is 3.62. The molecular formula is C17H22BrNS. The van der Waals surface area contributed by atoms with Crippen molar-refractivity contribution < 1.29 is 0 Å². The van der Waals surface area contributed by atoms with Crippen LogP contribution in [0.4, 0.5) is 0 Å². The zero-order chi connectivity index (χ0) is 14.7. The molecule has 0 amide bonds. The van der Waals surface area contributed by atoms with E-state index in [4.69, 9.17) is 0 Å². The molecule has 20 heavy (non-hydrogen) atoms. The quantitative estimate of drug-likeness (QED) is 0.767. The monoisotopic (exact) mass is 351 g/mol. The fraction of sp³-hybridized carbons (Fsp3) is 0.412. The zero-order valence-corrected chi connectivity index (χ0v) is 15.0. The van der Waals surface area contributed by atoms with E-state index < -0.39 is 0 Å². The molecule has 0 saturated carbocycles. The van der Waals surface area contributed by atoms with Crippen LogP contribution in [0.1, 0.15) is 39.4 Å². The molecule has 1 N–H and O–H groups in total. The standard InChI is InChI=1S/C17H22BrNS/c1-5-19-16(17-10-15(18)13(4)20-17)9-14-7-6-11(2)12(3)8-14/h6-8,10,16,19H,5,9H2,1-4H3. The molecule has 0 aliphatic carbocycles. The van der Waals surface area contributed by atoms with Crippen LogP contribution in [0.2, 0.25) is 0 Å². The van der Waals surface area contributed by atoms with Gasteiger partial charge in [-0.25, -0.2) is 0 Å². The maximum Gasteiger partial charge on any atom is 0.0456 e. The van der Waals surface area contributed by atoms with E-state index in [9.17, 15) is 0 Å². The van der Waals surface area contributed by atoms with Crippen molar-refractivity contribution in [3.8, 4) is 0 Å². The Balaban J connectivity index is 2.22. The molecule has 1 atom stereocenters. The lowest BCUT2D eigenvalue weighted by atomic mass is 10.00. The fourth-order valence-corrected chi connectivity index (χ4v) is 3.98. The predicted octanol–water partition coefficient (Wildman–Crippen LogP) is 5.33. The van der Waals surface area contributed by atoms with Gasteiger partial charge in [0.05, 0.1) is 0 Å². The highest BCUT2D eigenvalue weighted by Gasteiger charge is 2.15. The molecule has 0 saturated heterocycles. The molecule has 1 heterocycles. The third kappa shape index (κ3) is 3.72. The summed E-state index contributed by atoms with van der Waals surface area (Å²) in [6.07, 6.45) is 1.04. The Bertz CT molecular complexity index is 569. The number of thiophene rings is 1. The van der Waals surface area contributed by atoms with Crippen molar-refractivity contribution in [2.75, 3.05) is 6.54 Å². The minimum atomic E-state index is 0.400. The summed E-state index contributed by atoms with van der Waals surface area (Å²) in [6, 6.07) is 9.45. The van der Waals surface area contributed by atoms with Gasteiger partial charge in [0.1, 0.15) is 0 Å². The lowest BCUT2D eigenvalue weighted by Crippen LogP contribution is -2.22. The van der Waals surface area contributed by atoms with E-state index in [1.165, 1.54) is 30.9 Å². The number of hydrogen-bond acceptors (Lipinski definition) is 2. The van der Waals surface area contributed by atoms with Gasteiger partial charge >= 0.3 is 0 Å². The average Bonchev–Trinajstić information content (AvgIpc) is 2.73. The summed E-state index contributed by atoms with van der Waals surface area (Å²) in [7, 11) is 0. The van der Waals surface area contributed by atoms with Crippen LogP contribution < -0.4 is 5.32 Å². The first-order valence-electron chi connectivity index (χ1n) is 7.06. The van der Waals surface area contributed by atoms with E-state index in [-0.39, 0.29) is 0 Å². The third-order valence-corrected chi connectivity index (χ3v) is 5.93. The van der Waals surface area contributed by atoms with Crippen LogP contribution >= 0.6 is 27.3 Å². The number of benzene rings is 1. The van der Waals surface area contributed by atoms with Gasteiger partial charge in [0.2, 0.25) is 0 Å². The molecule has 1 nitrogen and oxygen atoms in total. The molecule has 108 valence electrons. The van der Waals surface area contributed by atoms with Gasteiger partial charge in [-0.3, -0.25) is 0 Å². The SMILES string of the molecule is CCNC(Cc1ccc(C)c(C)c1)c1cc(Br)c(C)s1. The van der Waals surface area contributed by atoms with E-state index in [1.807, 2.05) is 11.3 Å². The lowest BCUT2D eigenvalue weighted by molar-refractivity contribution is 0.558. The first-order chi connectivity index (χ1) is 9.51. The van der Waals surface area contributed by atoms with Crippen LogP contribution in [0.15, 0.2) is 28.7 Å². The molecule has 2 aromatic rings. The first-order valence-corrected chi connectivity index (χ1v) is 8.67. The molecule has 0 aliphatic rings. The van der Waals surface area contributed by atoms with E-state index in [2.05, 4.69) is 73.2 Å². The van der Waals surface area contributed by atoms with Crippen molar-refractivity contribution in [3.05, 3.63) is 55.2 Å². The Labute approximate surface area is 134 Å². The Kier molecular flexibility index (Phi) is 5.42. The molecular weight excluding hydrogens is 330 g/mol. The van der Waals surface area contributed by atoms with Crippen molar-refractivity contribution in [2.24, 2.45) is 0 Å². The van der Waals surface area contributed by atoms with Crippen molar-refractivity contribution in [1.82, 2.24) is 5.32 Å². The highest BCUT2D eigenvalue weighted by Crippen LogP contribution is 2.32. The minimum absolute atomic E-state index is 0.400. The molecule has 0 aliphatic heterocycles. The van der Waals surface area contributed by atoms with Gasteiger partial charge in [0.15, 0.2) is 0 Å². The highest BCUT2D eigenvalue weighted by molar-refractivity contribution is 9.10. The second-order valence-electron chi connectivity index (χ2n) is 5.29. The van der Waals surface area contributed by atoms with Crippen molar-refractivity contribution in [1.29, 1.82) is 0 Å². The second kappa shape index (κ2) is 6.88. The largest absolute Gasteiger partial charge is 0.309 e. The molecule has 0 bridgehead atoms.